The third-order valence-electron chi connectivity index (χ3n) is 3.35. The predicted molar refractivity (Wildman–Crippen MR) is 86.4 cm³/mol. The lowest BCUT2D eigenvalue weighted by Gasteiger charge is -2.10. The molecule has 1 aromatic carbocycles. The number of benzene rings is 1. The number of anilines is 1. The molecule has 8 heteroatoms. The Kier molecular flexibility index (Phi) is 4.55. The van der Waals surface area contributed by atoms with Gasteiger partial charge in [0.1, 0.15) is 6.07 Å². The Bertz CT molecular complexity index is 782. The molecule has 1 fully saturated rings. The molecule has 2 aromatic rings. The molecule has 1 aliphatic carbocycles. The van der Waals surface area contributed by atoms with Crippen LogP contribution >= 0.6 is 23.4 Å². The number of nitrogens with one attached hydrogen (secondary N) is 1. The van der Waals surface area contributed by atoms with E-state index in [4.69, 9.17) is 21.3 Å². The van der Waals surface area contributed by atoms with E-state index in [0.717, 1.165) is 12.8 Å². The summed E-state index contributed by atoms with van der Waals surface area (Å²) in [6.45, 7) is 1.76. The summed E-state index contributed by atoms with van der Waals surface area (Å²) in [6, 6.07) is 6.72. The zero-order chi connectivity index (χ0) is 16.4. The molecule has 23 heavy (non-hydrogen) atoms. The lowest BCUT2D eigenvalue weighted by molar-refractivity contribution is -0.115. The van der Waals surface area contributed by atoms with Gasteiger partial charge in [-0.15, -0.1) is 10.2 Å². The summed E-state index contributed by atoms with van der Waals surface area (Å²) in [7, 11) is 0. The Balaban J connectivity index is 1.60. The van der Waals surface area contributed by atoms with Gasteiger partial charge in [-0.3, -0.25) is 4.79 Å². The molecule has 0 bridgehead atoms. The Hall–Kier alpha value is -2.04. The van der Waals surface area contributed by atoms with Crippen LogP contribution in [0.1, 0.15) is 37.1 Å². The zero-order valence-electron chi connectivity index (χ0n) is 12.2. The van der Waals surface area contributed by atoms with Gasteiger partial charge in [-0.05, 0) is 38.0 Å². The molecule has 3 rings (SSSR count). The molecule has 1 N–H and O–H groups in total. The summed E-state index contributed by atoms with van der Waals surface area (Å²) in [5.74, 6) is 0.836. The van der Waals surface area contributed by atoms with Crippen LogP contribution in [0.4, 0.5) is 5.69 Å². The largest absolute Gasteiger partial charge is 0.416 e. The van der Waals surface area contributed by atoms with E-state index in [1.54, 1.807) is 25.1 Å². The predicted octanol–water partition coefficient (Wildman–Crippen LogP) is 3.59. The summed E-state index contributed by atoms with van der Waals surface area (Å²) < 4.78 is 5.53. The fraction of sp³-hybridized carbons (Fsp3) is 0.333. The number of amides is 1. The zero-order valence-corrected chi connectivity index (χ0v) is 13.8. The minimum Gasteiger partial charge on any atom is -0.416 e. The molecule has 1 amide bonds. The highest BCUT2D eigenvalue weighted by atomic mass is 35.5. The number of halogens is 1. The Morgan fingerprint density at radius 3 is 2.96 bits per heavy atom. The number of nitriles is 1. The van der Waals surface area contributed by atoms with Crippen molar-refractivity contribution in [1.82, 2.24) is 10.2 Å². The van der Waals surface area contributed by atoms with Crippen molar-refractivity contribution >= 4 is 35.0 Å². The van der Waals surface area contributed by atoms with Gasteiger partial charge in [0.15, 0.2) is 0 Å². The number of carbonyl (C=O) groups is 1. The van der Waals surface area contributed by atoms with Crippen molar-refractivity contribution in [1.29, 1.82) is 5.26 Å². The van der Waals surface area contributed by atoms with Crippen LogP contribution in [0, 0.1) is 11.3 Å². The van der Waals surface area contributed by atoms with Crippen molar-refractivity contribution in [2.45, 2.75) is 36.2 Å². The van der Waals surface area contributed by atoms with Gasteiger partial charge < -0.3 is 9.73 Å². The molecule has 1 saturated carbocycles. The van der Waals surface area contributed by atoms with Gasteiger partial charge in [-0.1, -0.05) is 23.4 Å². The molecule has 0 saturated heterocycles. The first-order valence-electron chi connectivity index (χ1n) is 7.07. The lowest BCUT2D eigenvalue weighted by Crippen LogP contribution is -2.22. The summed E-state index contributed by atoms with van der Waals surface area (Å²) in [4.78, 5) is 12.2. The maximum Gasteiger partial charge on any atom is 0.277 e. The highest BCUT2D eigenvalue weighted by Gasteiger charge is 2.30. The maximum absolute atomic E-state index is 12.2. The Labute approximate surface area is 142 Å². The number of carbonyl (C=O) groups excluding carboxylic acids is 1. The first-order chi connectivity index (χ1) is 11.1. The molecule has 118 valence electrons. The summed E-state index contributed by atoms with van der Waals surface area (Å²) in [5, 5.41) is 19.8. The minimum absolute atomic E-state index is 0.207. The Morgan fingerprint density at radius 2 is 2.30 bits per heavy atom. The number of hydrogen-bond acceptors (Lipinski definition) is 6. The van der Waals surface area contributed by atoms with Crippen LogP contribution in [-0.2, 0) is 4.79 Å². The quantitative estimate of drug-likeness (QED) is 0.830. The number of rotatable bonds is 5. The van der Waals surface area contributed by atoms with Crippen LogP contribution in [0.5, 0.6) is 0 Å². The molecule has 0 radical (unpaired) electrons. The van der Waals surface area contributed by atoms with Crippen LogP contribution in [0.2, 0.25) is 5.02 Å². The number of hydrogen-bond donors (Lipinski definition) is 1. The highest BCUT2D eigenvalue weighted by molar-refractivity contribution is 8.00. The molecule has 1 aromatic heterocycles. The summed E-state index contributed by atoms with van der Waals surface area (Å²) in [5.41, 5.74) is 0.904. The summed E-state index contributed by atoms with van der Waals surface area (Å²) in [6.07, 6.45) is 2.17. The average molecular weight is 349 g/mol. The van der Waals surface area contributed by atoms with Crippen LogP contribution in [0.3, 0.4) is 0 Å². The van der Waals surface area contributed by atoms with Crippen LogP contribution in [0.15, 0.2) is 27.8 Å². The van der Waals surface area contributed by atoms with E-state index in [0.29, 0.717) is 33.3 Å². The number of nitrogens with zero attached hydrogens (tertiary/aromatic N) is 3. The lowest BCUT2D eigenvalue weighted by atomic mass is 10.2. The smallest absolute Gasteiger partial charge is 0.277 e. The summed E-state index contributed by atoms with van der Waals surface area (Å²) >= 11 is 7.16. The molecule has 6 nitrogen and oxygen atoms in total. The van der Waals surface area contributed by atoms with Crippen LogP contribution in [0.25, 0.3) is 0 Å². The van der Waals surface area contributed by atoms with Crippen LogP contribution < -0.4 is 5.32 Å². The van der Waals surface area contributed by atoms with Crippen molar-refractivity contribution in [2.24, 2.45) is 0 Å². The van der Waals surface area contributed by atoms with E-state index in [9.17, 15) is 4.79 Å². The standard InChI is InChI=1S/C15H13ClN4O2S/c1-8(23-15-20-19-14(22-15)9-2-3-9)13(21)18-11-5-4-10(7-17)12(16)6-11/h4-6,8-9H,2-3H2,1H3,(H,18,21)/t8-/m1/s1. The van der Waals surface area contributed by atoms with Gasteiger partial charge in [0.2, 0.25) is 11.8 Å². The van der Waals surface area contributed by atoms with Crippen molar-refractivity contribution < 1.29 is 9.21 Å². The van der Waals surface area contributed by atoms with Crippen molar-refractivity contribution in [2.75, 3.05) is 5.32 Å². The molecular formula is C15H13ClN4O2S. The fourth-order valence-corrected chi connectivity index (χ4v) is 2.81. The second kappa shape index (κ2) is 6.60. The molecule has 0 spiro atoms. The second-order valence-corrected chi connectivity index (χ2v) is 6.94. The highest BCUT2D eigenvalue weighted by Crippen LogP contribution is 2.40. The van der Waals surface area contributed by atoms with Gasteiger partial charge in [0.05, 0.1) is 15.8 Å². The van der Waals surface area contributed by atoms with E-state index >= 15 is 0 Å². The topological polar surface area (TPSA) is 91.8 Å². The van der Waals surface area contributed by atoms with Crippen molar-refractivity contribution in [3.05, 3.63) is 34.7 Å². The third kappa shape index (κ3) is 3.84. The fourth-order valence-electron chi connectivity index (χ4n) is 1.90. The molecular weight excluding hydrogens is 336 g/mol. The van der Waals surface area contributed by atoms with Gasteiger partial charge in [-0.2, -0.15) is 5.26 Å². The minimum atomic E-state index is -0.406. The van der Waals surface area contributed by atoms with E-state index in [1.165, 1.54) is 11.8 Å². The van der Waals surface area contributed by atoms with E-state index in [-0.39, 0.29) is 5.91 Å². The number of aromatic nitrogens is 2. The molecule has 1 aliphatic rings. The molecule has 0 unspecified atom stereocenters. The Morgan fingerprint density at radius 1 is 1.52 bits per heavy atom. The van der Waals surface area contributed by atoms with Gasteiger partial charge >= 0.3 is 0 Å². The van der Waals surface area contributed by atoms with Gasteiger partial charge in [0.25, 0.3) is 5.22 Å². The van der Waals surface area contributed by atoms with Crippen molar-refractivity contribution in [3.63, 3.8) is 0 Å². The molecule has 1 heterocycles. The van der Waals surface area contributed by atoms with E-state index in [1.807, 2.05) is 6.07 Å². The molecule has 0 aliphatic heterocycles. The maximum atomic E-state index is 12.2. The second-order valence-electron chi connectivity index (χ2n) is 5.24. The van der Waals surface area contributed by atoms with Gasteiger partial charge in [0, 0.05) is 11.6 Å². The average Bonchev–Trinajstić information content (AvgIpc) is 3.27. The van der Waals surface area contributed by atoms with Gasteiger partial charge in [-0.25, -0.2) is 0 Å². The van der Waals surface area contributed by atoms with Crippen molar-refractivity contribution in [3.8, 4) is 6.07 Å². The SMILES string of the molecule is C[C@@H](Sc1nnc(C2CC2)o1)C(=O)Nc1ccc(C#N)c(Cl)c1. The van der Waals surface area contributed by atoms with Crippen LogP contribution in [-0.4, -0.2) is 21.4 Å². The van der Waals surface area contributed by atoms with E-state index in [2.05, 4.69) is 15.5 Å². The molecule has 1 atom stereocenters. The monoisotopic (exact) mass is 348 g/mol. The first-order valence-corrected chi connectivity index (χ1v) is 8.33. The number of thioether (sulfide) groups is 1. The first kappa shape index (κ1) is 15.8. The normalized spacial score (nSPS) is 15.0. The third-order valence-corrected chi connectivity index (χ3v) is 4.60. The van der Waals surface area contributed by atoms with E-state index < -0.39 is 5.25 Å².